The molecule has 1 amide bonds. The van der Waals surface area contributed by atoms with Crippen LogP contribution in [0.2, 0.25) is 0 Å². The smallest absolute Gasteiger partial charge is 0.247 e. The number of hydrogen-bond acceptors (Lipinski definition) is 2. The van der Waals surface area contributed by atoms with Gasteiger partial charge in [-0.3, -0.25) is 9.59 Å². The van der Waals surface area contributed by atoms with E-state index in [4.69, 9.17) is 11.6 Å². The van der Waals surface area contributed by atoms with E-state index in [1.54, 1.807) is 13.0 Å². The lowest BCUT2D eigenvalue weighted by Crippen LogP contribution is -2.27. The third-order valence-electron chi connectivity index (χ3n) is 1.93. The minimum absolute atomic E-state index is 0.152. The lowest BCUT2D eigenvalue weighted by atomic mass is 10.1. The molecule has 0 spiro atoms. The molecule has 4 heteroatoms. The summed E-state index contributed by atoms with van der Waals surface area (Å²) in [7, 11) is 0. The van der Waals surface area contributed by atoms with E-state index in [-0.39, 0.29) is 12.5 Å². The highest BCUT2D eigenvalue weighted by molar-refractivity contribution is 6.64. The van der Waals surface area contributed by atoms with Crippen LogP contribution in [0.25, 0.3) is 6.08 Å². The van der Waals surface area contributed by atoms with Gasteiger partial charge in [-0.2, -0.15) is 0 Å². The molecule has 0 aromatic heterocycles. The van der Waals surface area contributed by atoms with Crippen molar-refractivity contribution in [3.05, 3.63) is 41.5 Å². The van der Waals surface area contributed by atoms with E-state index >= 15 is 0 Å². The monoisotopic (exact) mass is 237 g/mol. The minimum Gasteiger partial charge on any atom is -0.344 e. The van der Waals surface area contributed by atoms with Crippen molar-refractivity contribution in [1.29, 1.82) is 0 Å². The van der Waals surface area contributed by atoms with Gasteiger partial charge in [0.25, 0.3) is 0 Å². The minimum atomic E-state index is -0.583. The summed E-state index contributed by atoms with van der Waals surface area (Å²) in [5, 5.41) is 1.83. The summed E-state index contributed by atoms with van der Waals surface area (Å²) >= 11 is 5.11. The molecule has 0 heterocycles. The fourth-order valence-corrected chi connectivity index (χ4v) is 1.22. The SMILES string of the molecule is CC(=Cc1ccccc1)C(=O)NCC(=O)Cl. The zero-order valence-corrected chi connectivity index (χ0v) is 9.62. The fourth-order valence-electron chi connectivity index (χ4n) is 1.15. The number of halogens is 1. The van der Waals surface area contributed by atoms with Gasteiger partial charge in [-0.15, -0.1) is 0 Å². The fraction of sp³-hybridized carbons (Fsp3) is 0.167. The highest BCUT2D eigenvalue weighted by Crippen LogP contribution is 2.05. The van der Waals surface area contributed by atoms with Crippen LogP contribution in [-0.2, 0) is 9.59 Å². The molecule has 0 bridgehead atoms. The van der Waals surface area contributed by atoms with Crippen molar-refractivity contribution >= 4 is 28.8 Å². The molecule has 0 aliphatic heterocycles. The topological polar surface area (TPSA) is 46.2 Å². The van der Waals surface area contributed by atoms with E-state index in [0.29, 0.717) is 5.57 Å². The summed E-state index contributed by atoms with van der Waals surface area (Å²) in [4.78, 5) is 21.9. The maximum absolute atomic E-state index is 11.5. The normalized spacial score (nSPS) is 11.0. The molecule has 84 valence electrons. The first-order valence-corrected chi connectivity index (χ1v) is 5.17. The van der Waals surface area contributed by atoms with Crippen LogP contribution in [-0.4, -0.2) is 17.7 Å². The molecule has 0 fully saturated rings. The lowest BCUT2D eigenvalue weighted by molar-refractivity contribution is -0.120. The second-order valence-corrected chi connectivity index (χ2v) is 3.70. The maximum atomic E-state index is 11.5. The molecule has 0 radical (unpaired) electrons. The first-order valence-electron chi connectivity index (χ1n) is 4.79. The Bertz CT molecular complexity index is 412. The van der Waals surface area contributed by atoms with Crippen molar-refractivity contribution in [3.8, 4) is 0 Å². The predicted octanol–water partition coefficient (Wildman–Crippen LogP) is 1.97. The number of carbonyl (C=O) groups is 2. The van der Waals surface area contributed by atoms with Gasteiger partial charge in [-0.05, 0) is 30.2 Å². The van der Waals surface area contributed by atoms with Gasteiger partial charge in [0.15, 0.2) is 0 Å². The van der Waals surface area contributed by atoms with Gasteiger partial charge < -0.3 is 5.32 Å². The number of carbonyl (C=O) groups excluding carboxylic acids is 2. The van der Waals surface area contributed by atoms with Gasteiger partial charge in [0.2, 0.25) is 11.1 Å². The third-order valence-corrected chi connectivity index (χ3v) is 2.06. The summed E-state index contributed by atoms with van der Waals surface area (Å²) in [5.41, 5.74) is 1.47. The molecule has 0 unspecified atom stereocenters. The number of benzene rings is 1. The number of nitrogens with one attached hydrogen (secondary N) is 1. The van der Waals surface area contributed by atoms with Crippen molar-refractivity contribution in [2.24, 2.45) is 0 Å². The van der Waals surface area contributed by atoms with E-state index < -0.39 is 5.24 Å². The van der Waals surface area contributed by atoms with E-state index in [0.717, 1.165) is 5.56 Å². The molecule has 1 aromatic rings. The summed E-state index contributed by atoms with van der Waals surface area (Å²) < 4.78 is 0. The Kier molecular flexibility index (Phi) is 4.73. The van der Waals surface area contributed by atoms with Crippen molar-refractivity contribution in [1.82, 2.24) is 5.32 Å². The van der Waals surface area contributed by atoms with Gasteiger partial charge in [0.1, 0.15) is 0 Å². The van der Waals surface area contributed by atoms with Gasteiger partial charge in [-0.1, -0.05) is 30.3 Å². The third kappa shape index (κ3) is 4.28. The highest BCUT2D eigenvalue weighted by Gasteiger charge is 2.05. The summed E-state index contributed by atoms with van der Waals surface area (Å²) in [5.74, 6) is -0.294. The first-order chi connectivity index (χ1) is 7.59. The van der Waals surface area contributed by atoms with Crippen LogP contribution in [0.3, 0.4) is 0 Å². The second-order valence-electron chi connectivity index (χ2n) is 3.28. The molecule has 0 aliphatic rings. The average Bonchev–Trinajstić information content (AvgIpc) is 2.27. The maximum Gasteiger partial charge on any atom is 0.247 e. The number of rotatable bonds is 4. The molecule has 0 saturated carbocycles. The largest absolute Gasteiger partial charge is 0.344 e. The van der Waals surface area contributed by atoms with Crippen LogP contribution in [0.4, 0.5) is 0 Å². The Morgan fingerprint density at radius 3 is 2.50 bits per heavy atom. The van der Waals surface area contributed by atoms with E-state index in [2.05, 4.69) is 5.32 Å². The average molecular weight is 238 g/mol. The second kappa shape index (κ2) is 6.08. The number of hydrogen-bond donors (Lipinski definition) is 1. The summed E-state index contributed by atoms with van der Waals surface area (Å²) in [6.45, 7) is 1.53. The van der Waals surface area contributed by atoms with Crippen LogP contribution in [0, 0.1) is 0 Å². The van der Waals surface area contributed by atoms with Crippen LogP contribution >= 0.6 is 11.6 Å². The molecule has 3 nitrogen and oxygen atoms in total. The summed E-state index contributed by atoms with van der Waals surface area (Å²) in [6, 6.07) is 9.46. The Hall–Kier alpha value is -1.61. The van der Waals surface area contributed by atoms with Crippen molar-refractivity contribution in [2.75, 3.05) is 6.54 Å². The molecule has 0 saturated heterocycles. The van der Waals surface area contributed by atoms with Gasteiger partial charge in [0, 0.05) is 5.57 Å². The van der Waals surface area contributed by atoms with Gasteiger partial charge in [-0.25, -0.2) is 0 Å². The Balaban J connectivity index is 2.63. The predicted molar refractivity (Wildman–Crippen MR) is 64.0 cm³/mol. The Morgan fingerprint density at radius 1 is 1.31 bits per heavy atom. The van der Waals surface area contributed by atoms with Crippen LogP contribution in [0.5, 0.6) is 0 Å². The quantitative estimate of drug-likeness (QED) is 0.643. The van der Waals surface area contributed by atoms with Crippen LogP contribution in [0.1, 0.15) is 12.5 Å². The molecule has 0 aliphatic carbocycles. The van der Waals surface area contributed by atoms with Crippen LogP contribution < -0.4 is 5.32 Å². The number of amides is 1. The van der Waals surface area contributed by atoms with E-state index in [1.807, 2.05) is 30.3 Å². The Morgan fingerprint density at radius 2 is 1.94 bits per heavy atom. The van der Waals surface area contributed by atoms with Crippen molar-refractivity contribution in [3.63, 3.8) is 0 Å². The first kappa shape index (κ1) is 12.5. The molecule has 16 heavy (non-hydrogen) atoms. The molecule has 0 atom stereocenters. The molecular weight excluding hydrogens is 226 g/mol. The summed E-state index contributed by atoms with van der Waals surface area (Å²) in [6.07, 6.45) is 1.74. The van der Waals surface area contributed by atoms with Crippen molar-refractivity contribution in [2.45, 2.75) is 6.92 Å². The van der Waals surface area contributed by atoms with E-state index in [1.165, 1.54) is 0 Å². The molecule has 1 N–H and O–H groups in total. The van der Waals surface area contributed by atoms with Gasteiger partial charge >= 0.3 is 0 Å². The van der Waals surface area contributed by atoms with Crippen LogP contribution in [0.15, 0.2) is 35.9 Å². The lowest BCUT2D eigenvalue weighted by Gasteiger charge is -2.02. The van der Waals surface area contributed by atoms with Crippen molar-refractivity contribution < 1.29 is 9.59 Å². The van der Waals surface area contributed by atoms with E-state index in [9.17, 15) is 9.59 Å². The zero-order chi connectivity index (χ0) is 12.0. The zero-order valence-electron chi connectivity index (χ0n) is 8.87. The highest BCUT2D eigenvalue weighted by atomic mass is 35.5. The molecular formula is C12H12ClNO2. The molecule has 1 aromatic carbocycles. The Labute approximate surface area is 99.1 Å². The molecule has 1 rings (SSSR count). The van der Waals surface area contributed by atoms with Gasteiger partial charge in [0.05, 0.1) is 6.54 Å². The standard InChI is InChI=1S/C12H12ClNO2/c1-9(12(16)14-8-11(13)15)7-10-5-3-2-4-6-10/h2-7H,8H2,1H3,(H,14,16).